The Bertz CT molecular complexity index is 744. The minimum absolute atomic E-state index is 0.0253. The summed E-state index contributed by atoms with van der Waals surface area (Å²) in [6, 6.07) is 12.5. The Balaban J connectivity index is 1.83. The maximum atomic E-state index is 11.5. The molecule has 5 nitrogen and oxygen atoms in total. The highest BCUT2D eigenvalue weighted by molar-refractivity contribution is 6.30. The van der Waals surface area contributed by atoms with E-state index in [-0.39, 0.29) is 11.3 Å². The fourth-order valence-corrected chi connectivity index (χ4v) is 2.54. The molecule has 0 aromatic heterocycles. The average Bonchev–Trinajstić information content (AvgIpc) is 3.22. The van der Waals surface area contributed by atoms with Crippen LogP contribution >= 0.6 is 11.6 Å². The van der Waals surface area contributed by atoms with Gasteiger partial charge in [-0.25, -0.2) is 0 Å². The van der Waals surface area contributed by atoms with Gasteiger partial charge in [0.05, 0.1) is 4.92 Å². The number of nitro benzene ring substituents is 1. The van der Waals surface area contributed by atoms with Crippen LogP contribution in [0.4, 0.5) is 11.4 Å². The van der Waals surface area contributed by atoms with Gasteiger partial charge in [-0.2, -0.15) is 0 Å². The van der Waals surface area contributed by atoms with Crippen LogP contribution in [0.2, 0.25) is 5.02 Å². The van der Waals surface area contributed by atoms with E-state index in [1.165, 1.54) is 0 Å². The summed E-state index contributed by atoms with van der Waals surface area (Å²) >= 11 is 5.96. The van der Waals surface area contributed by atoms with Crippen LogP contribution in [0.25, 0.3) is 0 Å². The lowest BCUT2D eigenvalue weighted by Crippen LogP contribution is -2.14. The van der Waals surface area contributed by atoms with Crippen LogP contribution in [-0.2, 0) is 6.54 Å². The molecule has 0 saturated heterocycles. The molecule has 1 saturated carbocycles. The molecule has 1 aliphatic carbocycles. The largest absolute Gasteiger partial charge is 0.480 e. The van der Waals surface area contributed by atoms with Crippen molar-refractivity contribution in [2.45, 2.75) is 31.9 Å². The highest BCUT2D eigenvalue weighted by Crippen LogP contribution is 2.44. The van der Waals surface area contributed by atoms with Crippen molar-refractivity contribution in [2.75, 3.05) is 5.32 Å². The Labute approximate surface area is 139 Å². The molecule has 120 valence electrons. The lowest BCUT2D eigenvalue weighted by atomic mass is 10.2. The molecule has 0 radical (unpaired) electrons. The molecule has 0 bridgehead atoms. The van der Waals surface area contributed by atoms with E-state index in [0.29, 0.717) is 23.0 Å². The summed E-state index contributed by atoms with van der Waals surface area (Å²) in [4.78, 5) is 11.1. The van der Waals surface area contributed by atoms with E-state index in [0.717, 1.165) is 18.4 Å². The van der Waals surface area contributed by atoms with Crippen molar-refractivity contribution in [1.29, 1.82) is 0 Å². The number of nitrogens with one attached hydrogen (secondary N) is 1. The van der Waals surface area contributed by atoms with Gasteiger partial charge in [0.2, 0.25) is 0 Å². The molecule has 3 rings (SSSR count). The van der Waals surface area contributed by atoms with Crippen LogP contribution in [0.1, 0.15) is 25.3 Å². The molecule has 6 heteroatoms. The van der Waals surface area contributed by atoms with E-state index in [4.69, 9.17) is 16.3 Å². The first-order valence-electron chi connectivity index (χ1n) is 7.42. The summed E-state index contributed by atoms with van der Waals surface area (Å²) in [6.07, 6.45) is 1.84. The van der Waals surface area contributed by atoms with Gasteiger partial charge < -0.3 is 10.1 Å². The standard InChI is InChI=1S/C17H17ClN2O3/c1-17(8-9-17)23-15-7-3-6-14(16(15)20(21)22)19-11-12-4-2-5-13(18)10-12/h2-7,10,19H,8-9,11H2,1H3. The van der Waals surface area contributed by atoms with Crippen LogP contribution in [0.3, 0.4) is 0 Å². The summed E-state index contributed by atoms with van der Waals surface area (Å²) in [5.74, 6) is 0.311. The Morgan fingerprint density at radius 3 is 2.70 bits per heavy atom. The SMILES string of the molecule is CC1(Oc2cccc(NCc3cccc(Cl)c3)c2[N+](=O)[O-])CC1. The van der Waals surface area contributed by atoms with E-state index >= 15 is 0 Å². The number of benzene rings is 2. The van der Waals surface area contributed by atoms with Crippen LogP contribution in [0, 0.1) is 10.1 Å². The lowest BCUT2D eigenvalue weighted by Gasteiger charge is -2.15. The number of nitrogens with zero attached hydrogens (tertiary/aromatic N) is 1. The van der Waals surface area contributed by atoms with Gasteiger partial charge in [-0.3, -0.25) is 10.1 Å². The zero-order chi connectivity index (χ0) is 16.4. The van der Waals surface area contributed by atoms with Crippen molar-refractivity contribution in [2.24, 2.45) is 0 Å². The number of hydrogen-bond donors (Lipinski definition) is 1. The second-order valence-electron chi connectivity index (χ2n) is 5.94. The lowest BCUT2D eigenvalue weighted by molar-refractivity contribution is -0.385. The van der Waals surface area contributed by atoms with Crippen molar-refractivity contribution in [3.05, 3.63) is 63.2 Å². The van der Waals surface area contributed by atoms with Crippen LogP contribution in [0.15, 0.2) is 42.5 Å². The Kier molecular flexibility index (Phi) is 4.13. The maximum absolute atomic E-state index is 11.5. The molecule has 0 amide bonds. The normalized spacial score (nSPS) is 15.0. The van der Waals surface area contributed by atoms with Crippen molar-refractivity contribution >= 4 is 23.0 Å². The van der Waals surface area contributed by atoms with Gasteiger partial charge in [0.1, 0.15) is 11.3 Å². The number of para-hydroxylation sites is 1. The van der Waals surface area contributed by atoms with Crippen molar-refractivity contribution in [3.8, 4) is 5.75 Å². The molecule has 0 atom stereocenters. The highest BCUT2D eigenvalue weighted by Gasteiger charge is 2.41. The summed E-state index contributed by atoms with van der Waals surface area (Å²) in [7, 11) is 0. The Morgan fingerprint density at radius 1 is 1.30 bits per heavy atom. The topological polar surface area (TPSA) is 64.4 Å². The van der Waals surface area contributed by atoms with Crippen molar-refractivity contribution < 1.29 is 9.66 Å². The second-order valence-corrected chi connectivity index (χ2v) is 6.38. The first-order chi connectivity index (χ1) is 11.0. The van der Waals surface area contributed by atoms with E-state index in [2.05, 4.69) is 5.32 Å². The predicted octanol–water partition coefficient (Wildman–Crippen LogP) is 4.79. The van der Waals surface area contributed by atoms with Crippen molar-refractivity contribution in [3.63, 3.8) is 0 Å². The Morgan fingerprint density at radius 2 is 2.04 bits per heavy atom. The number of rotatable bonds is 6. The number of nitro groups is 1. The molecule has 23 heavy (non-hydrogen) atoms. The van der Waals surface area contributed by atoms with Gasteiger partial charge in [0, 0.05) is 11.6 Å². The maximum Gasteiger partial charge on any atom is 0.333 e. The summed E-state index contributed by atoms with van der Waals surface area (Å²) in [5, 5.41) is 15.2. The predicted molar refractivity (Wildman–Crippen MR) is 90.1 cm³/mol. The number of anilines is 1. The number of hydrogen-bond acceptors (Lipinski definition) is 4. The molecule has 0 spiro atoms. The second kappa shape index (κ2) is 6.08. The summed E-state index contributed by atoms with van der Waals surface area (Å²) < 4.78 is 5.81. The molecule has 2 aromatic carbocycles. The third-order valence-electron chi connectivity index (χ3n) is 3.86. The first kappa shape index (κ1) is 15.6. The van der Waals surface area contributed by atoms with Gasteiger partial charge >= 0.3 is 5.69 Å². The summed E-state index contributed by atoms with van der Waals surface area (Å²) in [5.41, 5.74) is 1.10. The molecule has 1 N–H and O–H groups in total. The smallest absolute Gasteiger partial charge is 0.333 e. The zero-order valence-corrected chi connectivity index (χ0v) is 13.5. The quantitative estimate of drug-likeness (QED) is 0.610. The average molecular weight is 333 g/mol. The molecule has 0 heterocycles. The molecule has 1 aliphatic rings. The monoisotopic (exact) mass is 332 g/mol. The van der Waals surface area contributed by atoms with Crippen LogP contribution in [-0.4, -0.2) is 10.5 Å². The van der Waals surface area contributed by atoms with E-state index < -0.39 is 4.92 Å². The Hall–Kier alpha value is -2.27. The molecule has 2 aromatic rings. The van der Waals surface area contributed by atoms with Gasteiger partial charge in [-0.15, -0.1) is 0 Å². The van der Waals surface area contributed by atoms with E-state index in [1.807, 2.05) is 25.1 Å². The summed E-state index contributed by atoms with van der Waals surface area (Å²) in [6.45, 7) is 2.41. The van der Waals surface area contributed by atoms with E-state index in [9.17, 15) is 10.1 Å². The molecule has 1 fully saturated rings. The van der Waals surface area contributed by atoms with Crippen LogP contribution in [0.5, 0.6) is 5.75 Å². The molecular formula is C17H17ClN2O3. The van der Waals surface area contributed by atoms with Crippen molar-refractivity contribution in [1.82, 2.24) is 0 Å². The molecule has 0 aliphatic heterocycles. The molecule has 0 unspecified atom stereocenters. The van der Waals surface area contributed by atoms with Gasteiger partial charge in [-0.1, -0.05) is 29.8 Å². The fraction of sp³-hybridized carbons (Fsp3) is 0.294. The number of halogens is 1. The highest BCUT2D eigenvalue weighted by atomic mass is 35.5. The van der Waals surface area contributed by atoms with E-state index in [1.54, 1.807) is 24.3 Å². The molecular weight excluding hydrogens is 316 g/mol. The third kappa shape index (κ3) is 3.74. The minimum Gasteiger partial charge on any atom is -0.480 e. The minimum atomic E-state index is -0.401. The van der Waals surface area contributed by atoms with Gasteiger partial charge in [-0.05, 0) is 49.6 Å². The third-order valence-corrected chi connectivity index (χ3v) is 4.10. The first-order valence-corrected chi connectivity index (χ1v) is 7.79. The zero-order valence-electron chi connectivity index (χ0n) is 12.7. The fourth-order valence-electron chi connectivity index (χ4n) is 2.32. The van der Waals surface area contributed by atoms with Crippen LogP contribution < -0.4 is 10.1 Å². The van der Waals surface area contributed by atoms with Gasteiger partial charge in [0.25, 0.3) is 0 Å². The number of ether oxygens (including phenoxy) is 1. The van der Waals surface area contributed by atoms with Gasteiger partial charge in [0.15, 0.2) is 5.75 Å².